The van der Waals surface area contributed by atoms with E-state index in [0.29, 0.717) is 16.9 Å². The zero-order chi connectivity index (χ0) is 15.9. The van der Waals surface area contributed by atoms with E-state index in [1.54, 1.807) is 11.3 Å². The molecule has 3 heterocycles. The third kappa shape index (κ3) is 2.75. The van der Waals surface area contributed by atoms with Gasteiger partial charge in [0, 0.05) is 24.6 Å². The number of rotatable bonds is 3. The smallest absolute Gasteiger partial charge is 0.321 e. The number of hydrogen-bond donors (Lipinski definition) is 3. The van der Waals surface area contributed by atoms with Crippen LogP contribution in [0.5, 0.6) is 0 Å². The van der Waals surface area contributed by atoms with Crippen molar-refractivity contribution >= 4 is 34.0 Å². The van der Waals surface area contributed by atoms with E-state index in [-0.39, 0.29) is 11.6 Å². The molecule has 1 aliphatic carbocycles. The van der Waals surface area contributed by atoms with E-state index in [9.17, 15) is 4.79 Å². The number of nitrogens with one attached hydrogen (secondary N) is 3. The van der Waals surface area contributed by atoms with Gasteiger partial charge in [-0.3, -0.25) is 5.32 Å². The molecule has 2 aliphatic rings. The summed E-state index contributed by atoms with van der Waals surface area (Å²) in [7, 11) is 0. The van der Waals surface area contributed by atoms with E-state index in [1.807, 2.05) is 18.4 Å². The molecule has 4 rings (SSSR count). The van der Waals surface area contributed by atoms with Crippen molar-refractivity contribution in [3.63, 3.8) is 0 Å². The second-order valence-corrected chi connectivity index (χ2v) is 7.98. The first-order chi connectivity index (χ1) is 11.2. The number of fused-ring (bicyclic) bond motifs is 1. The van der Waals surface area contributed by atoms with Crippen LogP contribution in [0.1, 0.15) is 24.8 Å². The van der Waals surface area contributed by atoms with Gasteiger partial charge in [0.25, 0.3) is 0 Å². The summed E-state index contributed by atoms with van der Waals surface area (Å²) in [6.07, 6.45) is 3.43. The first-order valence-corrected chi connectivity index (χ1v) is 9.50. The highest BCUT2D eigenvalue weighted by molar-refractivity contribution is 7.14. The van der Waals surface area contributed by atoms with Crippen molar-refractivity contribution in [2.75, 3.05) is 18.4 Å². The van der Waals surface area contributed by atoms with E-state index >= 15 is 0 Å². The first kappa shape index (κ1) is 15.0. The molecule has 0 aromatic carbocycles. The normalized spacial score (nSPS) is 26.2. The summed E-state index contributed by atoms with van der Waals surface area (Å²) in [5, 5.41) is 12.0. The molecular formula is C15H19N5OS2. The van der Waals surface area contributed by atoms with E-state index in [0.717, 1.165) is 30.0 Å². The Morgan fingerprint density at radius 1 is 1.52 bits per heavy atom. The minimum absolute atomic E-state index is 0.0814. The standard InChI is InChI=1S/C15H19N5OS2/c1-9-4-6-22-11(9)12-17-14(23-20-12)18-13(21)19-15-5-2-3-10(15)7-16-8-15/h4,6,10,16H,2-3,5,7-8H2,1H3,(H2,17,18,19,20,21)/t10-,15-/m0/s1. The summed E-state index contributed by atoms with van der Waals surface area (Å²) in [6.45, 7) is 3.90. The lowest BCUT2D eigenvalue weighted by Gasteiger charge is -2.29. The summed E-state index contributed by atoms with van der Waals surface area (Å²) in [5.74, 6) is 1.24. The number of aromatic nitrogens is 2. The average molecular weight is 349 g/mol. The Morgan fingerprint density at radius 3 is 3.26 bits per heavy atom. The van der Waals surface area contributed by atoms with Gasteiger partial charge in [-0.15, -0.1) is 11.3 Å². The Kier molecular flexibility index (Phi) is 3.82. The molecule has 6 nitrogen and oxygen atoms in total. The van der Waals surface area contributed by atoms with Crippen LogP contribution in [0.15, 0.2) is 11.4 Å². The van der Waals surface area contributed by atoms with Crippen LogP contribution < -0.4 is 16.0 Å². The summed E-state index contributed by atoms with van der Waals surface area (Å²) in [4.78, 5) is 17.9. The van der Waals surface area contributed by atoms with Crippen molar-refractivity contribution in [3.05, 3.63) is 17.0 Å². The molecule has 2 aromatic heterocycles. The highest BCUT2D eigenvalue weighted by Gasteiger charge is 2.47. The lowest BCUT2D eigenvalue weighted by Crippen LogP contribution is -2.53. The predicted octanol–water partition coefficient (Wildman–Crippen LogP) is 2.84. The Balaban J connectivity index is 1.43. The van der Waals surface area contributed by atoms with Gasteiger partial charge in [0.15, 0.2) is 5.82 Å². The monoisotopic (exact) mass is 349 g/mol. The largest absolute Gasteiger partial charge is 0.331 e. The Labute approximate surface area is 142 Å². The van der Waals surface area contributed by atoms with Crippen molar-refractivity contribution in [3.8, 4) is 10.7 Å². The zero-order valence-electron chi connectivity index (χ0n) is 12.9. The maximum absolute atomic E-state index is 12.4. The number of carbonyl (C=O) groups is 1. The van der Waals surface area contributed by atoms with Gasteiger partial charge in [-0.05, 0) is 42.7 Å². The number of carbonyl (C=O) groups excluding carboxylic acids is 1. The lowest BCUT2D eigenvalue weighted by molar-refractivity contribution is 0.232. The fraction of sp³-hybridized carbons (Fsp3) is 0.533. The van der Waals surface area contributed by atoms with Crippen LogP contribution in [-0.2, 0) is 0 Å². The number of urea groups is 1. The van der Waals surface area contributed by atoms with Gasteiger partial charge in [0.05, 0.1) is 10.4 Å². The van der Waals surface area contributed by atoms with Crippen LogP contribution in [0.4, 0.5) is 9.93 Å². The van der Waals surface area contributed by atoms with Crippen LogP contribution in [0.2, 0.25) is 0 Å². The topological polar surface area (TPSA) is 78.9 Å². The second-order valence-electron chi connectivity index (χ2n) is 6.31. The first-order valence-electron chi connectivity index (χ1n) is 7.84. The number of amides is 2. The van der Waals surface area contributed by atoms with Crippen molar-refractivity contribution in [2.24, 2.45) is 5.92 Å². The van der Waals surface area contributed by atoms with Crippen molar-refractivity contribution in [1.82, 2.24) is 20.0 Å². The maximum atomic E-state index is 12.4. The Bertz CT molecular complexity index is 715. The molecule has 1 saturated carbocycles. The quantitative estimate of drug-likeness (QED) is 0.796. The third-order valence-corrected chi connectivity index (χ3v) is 6.51. The molecule has 2 aromatic rings. The van der Waals surface area contributed by atoms with E-state index in [2.05, 4.69) is 25.3 Å². The second kappa shape index (κ2) is 5.85. The Hall–Kier alpha value is -1.51. The maximum Gasteiger partial charge on any atom is 0.321 e. The van der Waals surface area contributed by atoms with Crippen LogP contribution in [0.3, 0.4) is 0 Å². The SMILES string of the molecule is Cc1ccsc1-c1nsc(NC(=O)N[C@]23CCC[C@H]2CNC3)n1. The minimum Gasteiger partial charge on any atom is -0.331 e. The summed E-state index contributed by atoms with van der Waals surface area (Å²) >= 11 is 2.84. The molecule has 1 saturated heterocycles. The summed E-state index contributed by atoms with van der Waals surface area (Å²) in [5.41, 5.74) is 1.08. The fourth-order valence-electron chi connectivity index (χ4n) is 3.68. The van der Waals surface area contributed by atoms with Crippen molar-refractivity contribution in [1.29, 1.82) is 0 Å². The van der Waals surface area contributed by atoms with E-state index < -0.39 is 0 Å². The summed E-state index contributed by atoms with van der Waals surface area (Å²) < 4.78 is 4.36. The van der Waals surface area contributed by atoms with Crippen LogP contribution >= 0.6 is 22.9 Å². The van der Waals surface area contributed by atoms with Gasteiger partial charge >= 0.3 is 6.03 Å². The minimum atomic E-state index is -0.175. The van der Waals surface area contributed by atoms with Gasteiger partial charge in [-0.25, -0.2) is 4.79 Å². The van der Waals surface area contributed by atoms with Gasteiger partial charge in [0.2, 0.25) is 5.13 Å². The molecule has 0 radical (unpaired) electrons. The molecule has 122 valence electrons. The van der Waals surface area contributed by atoms with Crippen LogP contribution in [0.25, 0.3) is 10.7 Å². The van der Waals surface area contributed by atoms with Gasteiger partial charge in [0.1, 0.15) is 0 Å². The molecule has 3 N–H and O–H groups in total. The molecule has 23 heavy (non-hydrogen) atoms. The molecule has 0 bridgehead atoms. The predicted molar refractivity (Wildman–Crippen MR) is 93.1 cm³/mol. The fourth-order valence-corrected chi connectivity index (χ4v) is 5.16. The van der Waals surface area contributed by atoms with Gasteiger partial charge in [-0.1, -0.05) is 6.42 Å². The molecule has 2 fully saturated rings. The van der Waals surface area contributed by atoms with Crippen molar-refractivity contribution < 1.29 is 4.79 Å². The van der Waals surface area contributed by atoms with Gasteiger partial charge in [-0.2, -0.15) is 9.36 Å². The molecule has 2 amide bonds. The van der Waals surface area contributed by atoms with E-state index in [4.69, 9.17) is 0 Å². The summed E-state index contributed by atoms with van der Waals surface area (Å²) in [6, 6.07) is 1.87. The molecule has 0 unspecified atom stereocenters. The van der Waals surface area contributed by atoms with Gasteiger partial charge < -0.3 is 10.6 Å². The number of nitrogens with zero attached hydrogens (tertiary/aromatic N) is 2. The molecule has 2 atom stereocenters. The highest BCUT2D eigenvalue weighted by atomic mass is 32.1. The molecule has 8 heteroatoms. The molecule has 0 spiro atoms. The number of aryl methyl sites for hydroxylation is 1. The third-order valence-electron chi connectivity index (χ3n) is 4.86. The zero-order valence-corrected chi connectivity index (χ0v) is 14.5. The Morgan fingerprint density at radius 2 is 2.43 bits per heavy atom. The van der Waals surface area contributed by atoms with E-state index in [1.165, 1.54) is 24.4 Å². The van der Waals surface area contributed by atoms with Crippen molar-refractivity contribution in [2.45, 2.75) is 31.7 Å². The highest BCUT2D eigenvalue weighted by Crippen LogP contribution is 2.38. The number of hydrogen-bond acceptors (Lipinski definition) is 6. The van der Waals surface area contributed by atoms with Crippen LogP contribution in [-0.4, -0.2) is 34.0 Å². The number of anilines is 1. The number of thiophene rings is 1. The van der Waals surface area contributed by atoms with Crippen LogP contribution in [0, 0.1) is 12.8 Å². The molecule has 1 aliphatic heterocycles. The average Bonchev–Trinajstić information content (AvgIpc) is 3.22. The lowest BCUT2D eigenvalue weighted by atomic mass is 9.91. The molecular weight excluding hydrogens is 330 g/mol.